The molecule has 1 saturated carbocycles. The summed E-state index contributed by atoms with van der Waals surface area (Å²) >= 11 is 0. The Bertz CT molecular complexity index is 724. The lowest BCUT2D eigenvalue weighted by molar-refractivity contribution is -0.142. The summed E-state index contributed by atoms with van der Waals surface area (Å²) in [5.41, 5.74) is 2.08. The van der Waals surface area contributed by atoms with Gasteiger partial charge in [-0.25, -0.2) is 0 Å². The van der Waals surface area contributed by atoms with E-state index < -0.39 is 0 Å². The van der Waals surface area contributed by atoms with Crippen molar-refractivity contribution >= 4 is 11.8 Å². The number of hydrogen-bond acceptors (Lipinski definition) is 2. The lowest BCUT2D eigenvalue weighted by Crippen LogP contribution is -2.33. The van der Waals surface area contributed by atoms with Crippen molar-refractivity contribution in [3.8, 4) is 5.69 Å². The van der Waals surface area contributed by atoms with E-state index in [1.807, 2.05) is 60.3 Å². The highest BCUT2D eigenvalue weighted by molar-refractivity contribution is 6.05. The molecule has 2 aliphatic rings. The van der Waals surface area contributed by atoms with Gasteiger partial charge in [-0.15, -0.1) is 0 Å². The predicted octanol–water partition coefficient (Wildman–Crippen LogP) is 3.71. The molecule has 1 saturated heterocycles. The van der Waals surface area contributed by atoms with Gasteiger partial charge >= 0.3 is 0 Å². The second kappa shape index (κ2) is 5.93. The maximum Gasteiger partial charge on any atom is 0.233 e. The molecule has 1 aliphatic carbocycles. The summed E-state index contributed by atoms with van der Waals surface area (Å²) in [6.45, 7) is 1.96. The first-order valence-corrected chi connectivity index (χ1v) is 8.77. The van der Waals surface area contributed by atoms with Gasteiger partial charge in [0.05, 0.1) is 17.9 Å². The third-order valence-corrected chi connectivity index (χ3v) is 5.54. The minimum atomic E-state index is -0.200. The second-order valence-electron chi connectivity index (χ2n) is 6.90. The van der Waals surface area contributed by atoms with Crippen LogP contribution in [-0.2, 0) is 9.59 Å². The number of aromatic nitrogens is 1. The molecule has 2 amide bonds. The van der Waals surface area contributed by atoms with Crippen molar-refractivity contribution in [1.29, 1.82) is 0 Å². The van der Waals surface area contributed by atoms with Gasteiger partial charge in [0.2, 0.25) is 11.8 Å². The summed E-state index contributed by atoms with van der Waals surface area (Å²) in [6.07, 6.45) is 7.85. The SMILES string of the molecule is CC(c1ccc(-n2cccc2)cc1)N1C(=O)C2CCCCC2C1=O. The smallest absolute Gasteiger partial charge is 0.233 e. The molecule has 1 aromatic carbocycles. The number of rotatable bonds is 3. The van der Waals surface area contributed by atoms with Gasteiger partial charge in [0.15, 0.2) is 0 Å². The number of hydrogen-bond donors (Lipinski definition) is 0. The molecule has 0 bridgehead atoms. The normalized spacial score (nSPS) is 25.0. The van der Waals surface area contributed by atoms with E-state index in [1.165, 1.54) is 4.90 Å². The van der Waals surface area contributed by atoms with Crippen molar-refractivity contribution in [1.82, 2.24) is 9.47 Å². The molecule has 1 aromatic heterocycles. The highest BCUT2D eigenvalue weighted by Crippen LogP contribution is 2.41. The van der Waals surface area contributed by atoms with Gasteiger partial charge in [-0.1, -0.05) is 25.0 Å². The van der Waals surface area contributed by atoms with Crippen LogP contribution < -0.4 is 0 Å². The van der Waals surface area contributed by atoms with Crippen molar-refractivity contribution in [3.05, 3.63) is 54.4 Å². The summed E-state index contributed by atoms with van der Waals surface area (Å²) in [4.78, 5) is 27.0. The topological polar surface area (TPSA) is 42.3 Å². The fourth-order valence-corrected chi connectivity index (χ4v) is 4.15. The number of amides is 2. The first kappa shape index (κ1) is 15.2. The first-order valence-electron chi connectivity index (χ1n) is 8.77. The number of benzene rings is 1. The molecular formula is C20H22N2O2. The van der Waals surface area contributed by atoms with Gasteiger partial charge in [-0.3, -0.25) is 14.5 Å². The zero-order chi connectivity index (χ0) is 16.7. The fraction of sp³-hybridized carbons (Fsp3) is 0.400. The van der Waals surface area contributed by atoms with Crippen molar-refractivity contribution in [2.45, 2.75) is 38.6 Å². The minimum Gasteiger partial charge on any atom is -0.324 e. The van der Waals surface area contributed by atoms with Crippen LogP contribution in [0.1, 0.15) is 44.2 Å². The summed E-state index contributed by atoms with van der Waals surface area (Å²) in [5, 5.41) is 0. The van der Waals surface area contributed by atoms with E-state index in [4.69, 9.17) is 0 Å². The third kappa shape index (κ3) is 2.37. The molecule has 4 rings (SSSR count). The fourth-order valence-electron chi connectivity index (χ4n) is 4.15. The maximum absolute atomic E-state index is 12.7. The van der Waals surface area contributed by atoms with Crippen LogP contribution in [0.2, 0.25) is 0 Å². The number of likely N-dealkylation sites (tertiary alicyclic amines) is 1. The molecule has 2 aromatic rings. The first-order chi connectivity index (χ1) is 11.7. The van der Waals surface area contributed by atoms with Gasteiger partial charge in [0, 0.05) is 18.1 Å². The molecule has 1 aliphatic heterocycles. The number of carbonyl (C=O) groups is 2. The van der Waals surface area contributed by atoms with E-state index in [0.717, 1.165) is 36.9 Å². The summed E-state index contributed by atoms with van der Waals surface area (Å²) in [6, 6.07) is 11.9. The molecule has 0 spiro atoms. The van der Waals surface area contributed by atoms with Gasteiger partial charge in [0.25, 0.3) is 0 Å². The van der Waals surface area contributed by atoms with Gasteiger partial charge in [0.1, 0.15) is 0 Å². The molecule has 24 heavy (non-hydrogen) atoms. The van der Waals surface area contributed by atoms with E-state index >= 15 is 0 Å². The number of carbonyl (C=O) groups excluding carboxylic acids is 2. The lowest BCUT2D eigenvalue weighted by Gasteiger charge is -2.23. The third-order valence-electron chi connectivity index (χ3n) is 5.54. The summed E-state index contributed by atoms with van der Waals surface area (Å²) < 4.78 is 2.04. The zero-order valence-electron chi connectivity index (χ0n) is 13.9. The average molecular weight is 322 g/mol. The Labute approximate surface area is 142 Å². The number of fused-ring (bicyclic) bond motifs is 1. The Kier molecular flexibility index (Phi) is 3.75. The second-order valence-corrected chi connectivity index (χ2v) is 6.90. The zero-order valence-corrected chi connectivity index (χ0v) is 13.9. The Morgan fingerprint density at radius 3 is 2.00 bits per heavy atom. The predicted molar refractivity (Wildman–Crippen MR) is 91.5 cm³/mol. The van der Waals surface area contributed by atoms with Gasteiger partial charge in [-0.2, -0.15) is 0 Å². The molecule has 124 valence electrons. The molecule has 4 heteroatoms. The van der Waals surface area contributed by atoms with Gasteiger partial charge < -0.3 is 4.57 Å². The Balaban J connectivity index is 1.58. The summed E-state index contributed by atoms with van der Waals surface area (Å²) in [7, 11) is 0. The van der Waals surface area contributed by atoms with Crippen LogP contribution in [0.15, 0.2) is 48.8 Å². The van der Waals surface area contributed by atoms with Crippen molar-refractivity contribution in [2.75, 3.05) is 0 Å². The monoisotopic (exact) mass is 322 g/mol. The van der Waals surface area contributed by atoms with Crippen LogP contribution in [-0.4, -0.2) is 21.3 Å². The van der Waals surface area contributed by atoms with Crippen LogP contribution in [0.25, 0.3) is 5.69 Å². The quantitative estimate of drug-likeness (QED) is 0.808. The molecule has 3 unspecified atom stereocenters. The highest BCUT2D eigenvalue weighted by Gasteiger charge is 2.49. The standard InChI is InChI=1S/C20H22N2O2/c1-14(15-8-10-16(11-9-15)21-12-4-5-13-21)22-19(23)17-6-2-3-7-18(17)20(22)24/h4-5,8-14,17-18H,2-3,6-7H2,1H3. The molecule has 4 nitrogen and oxygen atoms in total. The number of nitrogens with zero attached hydrogens (tertiary/aromatic N) is 2. The van der Waals surface area contributed by atoms with Crippen LogP contribution in [0.5, 0.6) is 0 Å². The van der Waals surface area contributed by atoms with E-state index in [2.05, 4.69) is 0 Å². The number of imide groups is 1. The minimum absolute atomic E-state index is 0.0340. The van der Waals surface area contributed by atoms with Crippen LogP contribution in [0, 0.1) is 11.8 Å². The largest absolute Gasteiger partial charge is 0.324 e. The summed E-state index contributed by atoms with van der Waals surface area (Å²) in [5.74, 6) is -0.0842. The van der Waals surface area contributed by atoms with Crippen LogP contribution in [0.4, 0.5) is 0 Å². The van der Waals surface area contributed by atoms with Gasteiger partial charge in [-0.05, 0) is 49.6 Å². The molecule has 3 atom stereocenters. The van der Waals surface area contributed by atoms with E-state index in [1.54, 1.807) is 0 Å². The Morgan fingerprint density at radius 1 is 0.917 bits per heavy atom. The average Bonchev–Trinajstić information content (AvgIpc) is 3.23. The van der Waals surface area contributed by atoms with Crippen LogP contribution in [0.3, 0.4) is 0 Å². The van der Waals surface area contributed by atoms with Crippen molar-refractivity contribution < 1.29 is 9.59 Å². The van der Waals surface area contributed by atoms with Crippen molar-refractivity contribution in [2.24, 2.45) is 11.8 Å². The molecule has 2 heterocycles. The lowest BCUT2D eigenvalue weighted by atomic mass is 9.81. The molecule has 0 radical (unpaired) electrons. The van der Waals surface area contributed by atoms with Crippen LogP contribution >= 0.6 is 0 Å². The molecule has 0 N–H and O–H groups in total. The molecule has 2 fully saturated rings. The van der Waals surface area contributed by atoms with E-state index in [-0.39, 0.29) is 29.7 Å². The maximum atomic E-state index is 12.7. The Hall–Kier alpha value is -2.36. The Morgan fingerprint density at radius 2 is 1.46 bits per heavy atom. The van der Waals surface area contributed by atoms with E-state index in [9.17, 15) is 9.59 Å². The van der Waals surface area contributed by atoms with Crippen molar-refractivity contribution in [3.63, 3.8) is 0 Å². The molecular weight excluding hydrogens is 300 g/mol. The highest BCUT2D eigenvalue weighted by atomic mass is 16.2. The van der Waals surface area contributed by atoms with E-state index in [0.29, 0.717) is 0 Å².